The third-order valence-corrected chi connectivity index (χ3v) is 6.13. The molecule has 4 rings (SSSR count). The molecule has 0 aliphatic heterocycles. The van der Waals surface area contributed by atoms with Gasteiger partial charge in [-0.15, -0.1) is 0 Å². The van der Waals surface area contributed by atoms with E-state index in [0.29, 0.717) is 0 Å². The monoisotopic (exact) mass is 383 g/mol. The Morgan fingerprint density at radius 2 is 1.38 bits per heavy atom. The summed E-state index contributed by atoms with van der Waals surface area (Å²) in [6.45, 7) is 2.89. The highest BCUT2D eigenvalue weighted by molar-refractivity contribution is 6.00. The van der Waals surface area contributed by atoms with Crippen molar-refractivity contribution in [3.63, 3.8) is 0 Å². The molecule has 0 atom stereocenters. The number of benzene rings is 3. The van der Waals surface area contributed by atoms with Gasteiger partial charge < -0.3 is 5.32 Å². The third-order valence-electron chi connectivity index (χ3n) is 6.13. The Morgan fingerprint density at radius 1 is 0.793 bits per heavy atom. The lowest BCUT2D eigenvalue weighted by Gasteiger charge is -2.31. The largest absolute Gasteiger partial charge is 0.355 e. The molecule has 0 radical (unpaired) electrons. The molecule has 1 aliphatic carbocycles. The zero-order valence-electron chi connectivity index (χ0n) is 17.2. The Bertz CT molecular complexity index is 931. The van der Waals surface area contributed by atoms with Gasteiger partial charge in [-0.3, -0.25) is 4.79 Å². The highest BCUT2D eigenvalue weighted by Crippen LogP contribution is 2.51. The van der Waals surface area contributed by atoms with Gasteiger partial charge in [-0.05, 0) is 53.5 Å². The fourth-order valence-electron chi connectivity index (χ4n) is 4.68. The summed E-state index contributed by atoms with van der Waals surface area (Å²) < 4.78 is 0. The van der Waals surface area contributed by atoms with E-state index in [1.165, 1.54) is 16.7 Å². The second-order valence-corrected chi connectivity index (χ2v) is 7.95. The van der Waals surface area contributed by atoms with Crippen LogP contribution in [-0.2, 0) is 16.6 Å². The highest BCUT2D eigenvalue weighted by atomic mass is 16.2. The van der Waals surface area contributed by atoms with Crippen LogP contribution in [0.2, 0.25) is 0 Å². The zero-order valence-corrected chi connectivity index (χ0v) is 17.2. The number of hydrogen-bond donors (Lipinski definition) is 1. The topological polar surface area (TPSA) is 29.1 Å². The zero-order chi connectivity index (χ0) is 20.1. The van der Waals surface area contributed by atoms with Crippen LogP contribution in [0, 0.1) is 0 Å². The number of unbranched alkanes of at least 4 members (excludes halogenated alkanes) is 1. The second kappa shape index (κ2) is 8.65. The lowest BCUT2D eigenvalue weighted by Crippen LogP contribution is -2.44. The molecule has 0 heterocycles. The quantitative estimate of drug-likeness (QED) is 0.483. The summed E-state index contributed by atoms with van der Waals surface area (Å²) in [5.74, 6) is 0.149. The standard InChI is InChI=1S/C27H29NO/c1-2-3-20-28-26(29)27(19-11-14-21-12-5-4-6-13-21)24-17-9-7-15-22(24)23-16-8-10-18-25(23)27/h4-10,12-13,15-18H,2-3,11,14,19-20H2,1H3,(H,28,29). The minimum atomic E-state index is -0.601. The molecule has 0 bridgehead atoms. The molecular formula is C27H29NO. The van der Waals surface area contributed by atoms with Crippen LogP contribution in [0.4, 0.5) is 0 Å². The maximum Gasteiger partial charge on any atom is 0.235 e. The summed E-state index contributed by atoms with van der Waals surface area (Å²) in [4.78, 5) is 13.7. The maximum atomic E-state index is 13.7. The van der Waals surface area contributed by atoms with Crippen molar-refractivity contribution in [1.29, 1.82) is 0 Å². The van der Waals surface area contributed by atoms with Crippen molar-refractivity contribution in [2.75, 3.05) is 6.54 Å². The van der Waals surface area contributed by atoms with Crippen LogP contribution in [0.25, 0.3) is 11.1 Å². The molecule has 3 aromatic rings. The van der Waals surface area contributed by atoms with Crippen LogP contribution in [0.5, 0.6) is 0 Å². The smallest absolute Gasteiger partial charge is 0.235 e. The predicted octanol–water partition coefficient (Wildman–Crippen LogP) is 5.89. The van der Waals surface area contributed by atoms with Gasteiger partial charge in [0.15, 0.2) is 0 Å². The van der Waals surface area contributed by atoms with Crippen LogP contribution < -0.4 is 5.32 Å². The maximum absolute atomic E-state index is 13.7. The molecule has 148 valence electrons. The third kappa shape index (κ3) is 3.60. The summed E-state index contributed by atoms with van der Waals surface area (Å²) in [7, 11) is 0. The van der Waals surface area contributed by atoms with Gasteiger partial charge in [-0.1, -0.05) is 92.2 Å². The van der Waals surface area contributed by atoms with Gasteiger partial charge in [0.25, 0.3) is 0 Å². The first kappa shape index (κ1) is 19.4. The molecule has 1 aliphatic rings. The fourth-order valence-corrected chi connectivity index (χ4v) is 4.68. The van der Waals surface area contributed by atoms with E-state index < -0.39 is 5.41 Å². The predicted molar refractivity (Wildman–Crippen MR) is 120 cm³/mol. The molecule has 29 heavy (non-hydrogen) atoms. The van der Waals surface area contributed by atoms with E-state index in [4.69, 9.17) is 0 Å². The molecule has 0 fully saturated rings. The lowest BCUT2D eigenvalue weighted by molar-refractivity contribution is -0.125. The number of carbonyl (C=O) groups is 1. The Labute approximate surface area is 174 Å². The Balaban J connectivity index is 1.71. The van der Waals surface area contributed by atoms with Crippen molar-refractivity contribution in [3.8, 4) is 11.1 Å². The summed E-state index contributed by atoms with van der Waals surface area (Å²) in [5.41, 5.74) is 5.44. The number of rotatable bonds is 8. The molecule has 2 nitrogen and oxygen atoms in total. The molecule has 3 aromatic carbocycles. The Kier molecular flexibility index (Phi) is 5.80. The molecule has 0 aromatic heterocycles. The Hall–Kier alpha value is -2.87. The van der Waals surface area contributed by atoms with Crippen LogP contribution in [-0.4, -0.2) is 12.5 Å². The van der Waals surface area contributed by atoms with Gasteiger partial charge in [0.05, 0.1) is 0 Å². The fraction of sp³-hybridized carbons (Fsp3) is 0.296. The van der Waals surface area contributed by atoms with Crippen LogP contribution in [0.15, 0.2) is 78.9 Å². The van der Waals surface area contributed by atoms with Crippen molar-refractivity contribution in [2.24, 2.45) is 0 Å². The number of hydrogen-bond acceptors (Lipinski definition) is 1. The van der Waals surface area contributed by atoms with E-state index in [9.17, 15) is 4.79 Å². The summed E-state index contributed by atoms with van der Waals surface area (Å²) in [6.07, 6.45) is 4.85. The first-order valence-corrected chi connectivity index (χ1v) is 10.8. The van der Waals surface area contributed by atoms with Gasteiger partial charge >= 0.3 is 0 Å². The van der Waals surface area contributed by atoms with Gasteiger partial charge in [0, 0.05) is 6.54 Å². The first-order valence-electron chi connectivity index (χ1n) is 10.8. The summed E-state index contributed by atoms with van der Waals surface area (Å²) in [5, 5.41) is 3.26. The van der Waals surface area contributed by atoms with E-state index in [1.807, 2.05) is 0 Å². The van der Waals surface area contributed by atoms with Crippen LogP contribution in [0.3, 0.4) is 0 Å². The Morgan fingerprint density at radius 3 is 2.00 bits per heavy atom. The van der Waals surface area contributed by atoms with Crippen molar-refractivity contribution in [1.82, 2.24) is 5.32 Å². The average molecular weight is 384 g/mol. The average Bonchev–Trinajstić information content (AvgIpc) is 3.06. The van der Waals surface area contributed by atoms with Crippen molar-refractivity contribution in [2.45, 2.75) is 44.4 Å². The number of amides is 1. The molecule has 1 N–H and O–H groups in total. The van der Waals surface area contributed by atoms with Gasteiger partial charge in [-0.25, -0.2) is 0 Å². The van der Waals surface area contributed by atoms with E-state index in [2.05, 4.69) is 91.1 Å². The summed E-state index contributed by atoms with van der Waals surface area (Å²) in [6, 6.07) is 27.5. The van der Waals surface area contributed by atoms with Crippen LogP contribution >= 0.6 is 0 Å². The SMILES string of the molecule is CCCCNC(=O)C1(CCCc2ccccc2)c2ccccc2-c2ccccc21. The number of nitrogens with one attached hydrogen (secondary N) is 1. The van der Waals surface area contributed by atoms with E-state index in [0.717, 1.165) is 49.8 Å². The number of aryl methyl sites for hydroxylation is 1. The van der Waals surface area contributed by atoms with E-state index in [-0.39, 0.29) is 5.91 Å². The lowest BCUT2D eigenvalue weighted by atomic mass is 9.73. The van der Waals surface area contributed by atoms with Gasteiger partial charge in [0.2, 0.25) is 5.91 Å². The summed E-state index contributed by atoms with van der Waals surface area (Å²) >= 11 is 0. The normalized spacial score (nSPS) is 13.6. The first-order chi connectivity index (χ1) is 14.3. The van der Waals surface area contributed by atoms with Crippen molar-refractivity contribution >= 4 is 5.91 Å². The molecular weight excluding hydrogens is 354 g/mol. The minimum absolute atomic E-state index is 0.149. The number of carbonyl (C=O) groups excluding carboxylic acids is 1. The molecule has 0 unspecified atom stereocenters. The van der Waals surface area contributed by atoms with Crippen molar-refractivity contribution in [3.05, 3.63) is 95.6 Å². The minimum Gasteiger partial charge on any atom is -0.355 e. The van der Waals surface area contributed by atoms with E-state index >= 15 is 0 Å². The highest BCUT2D eigenvalue weighted by Gasteiger charge is 2.48. The van der Waals surface area contributed by atoms with Gasteiger partial charge in [-0.2, -0.15) is 0 Å². The van der Waals surface area contributed by atoms with Crippen LogP contribution in [0.1, 0.15) is 49.3 Å². The van der Waals surface area contributed by atoms with Gasteiger partial charge in [0.1, 0.15) is 5.41 Å². The molecule has 0 spiro atoms. The molecule has 0 saturated heterocycles. The number of fused-ring (bicyclic) bond motifs is 3. The molecule has 0 saturated carbocycles. The van der Waals surface area contributed by atoms with Crippen molar-refractivity contribution < 1.29 is 4.79 Å². The molecule has 1 amide bonds. The van der Waals surface area contributed by atoms with E-state index in [1.54, 1.807) is 0 Å². The second-order valence-electron chi connectivity index (χ2n) is 7.95. The molecule has 2 heteroatoms.